The quantitative estimate of drug-likeness (QED) is 0.147. The Balaban J connectivity index is 0.980. The van der Waals surface area contributed by atoms with Crippen molar-refractivity contribution < 1.29 is 0 Å². The van der Waals surface area contributed by atoms with Crippen molar-refractivity contribution in [1.82, 2.24) is 15.0 Å². The zero-order chi connectivity index (χ0) is 40.1. The molecule has 60 heavy (non-hydrogen) atoms. The van der Waals surface area contributed by atoms with Crippen LogP contribution in [0, 0.1) is 11.8 Å². The Kier molecular flexibility index (Phi) is 10.6. The predicted octanol–water partition coefficient (Wildman–Crippen LogP) is 14.6. The molecule has 2 atom stereocenters. The molecule has 0 saturated heterocycles. The second kappa shape index (κ2) is 17.1. The van der Waals surface area contributed by atoms with Crippen LogP contribution in [0.3, 0.4) is 0 Å². The standard InChI is InChI=1S/C57H47N3/c1-4-16-40(17-5-1)42-30-34-44(35-31-42)51-26-10-12-28-53(51)47-22-14-24-49(38-47)56-58-55(46-20-8-3-9-21-46)59-57(60-56)50-25-15-23-48(39-50)54-29-13-11-27-52(54)45-36-32-43(33-37-45)41-18-6-2-7-19-41/h1-6,8-18,20-22,24-28,30-32,34-36,38-39,48,54H,7,19,23,29,33,37H2. The predicted molar refractivity (Wildman–Crippen MR) is 249 cm³/mol. The van der Waals surface area contributed by atoms with E-state index in [1.54, 1.807) is 0 Å². The van der Waals surface area contributed by atoms with Gasteiger partial charge in [-0.15, -0.1) is 0 Å². The largest absolute Gasteiger partial charge is 0.208 e. The van der Waals surface area contributed by atoms with Crippen LogP contribution in [0.2, 0.25) is 0 Å². The molecule has 290 valence electrons. The van der Waals surface area contributed by atoms with E-state index in [1.165, 1.54) is 50.1 Å². The number of benzene rings is 5. The third-order valence-electron chi connectivity index (χ3n) is 12.4. The van der Waals surface area contributed by atoms with Crippen molar-refractivity contribution in [3.63, 3.8) is 0 Å². The molecule has 1 heterocycles. The fraction of sp³-hybridized carbons (Fsp3) is 0.140. The summed E-state index contributed by atoms with van der Waals surface area (Å²) in [5.74, 6) is 2.78. The summed E-state index contributed by atoms with van der Waals surface area (Å²) in [4.78, 5) is 15.5. The van der Waals surface area contributed by atoms with E-state index < -0.39 is 0 Å². The van der Waals surface area contributed by atoms with Crippen LogP contribution in [0.4, 0.5) is 0 Å². The van der Waals surface area contributed by atoms with Crippen LogP contribution in [0.1, 0.15) is 44.3 Å². The van der Waals surface area contributed by atoms with Gasteiger partial charge in [-0.25, -0.2) is 15.0 Å². The molecular weight excluding hydrogens is 727 g/mol. The van der Waals surface area contributed by atoms with E-state index in [0.717, 1.165) is 60.8 Å². The molecule has 3 nitrogen and oxygen atoms in total. The van der Waals surface area contributed by atoms with Gasteiger partial charge in [0.15, 0.2) is 17.5 Å². The van der Waals surface area contributed by atoms with E-state index in [2.05, 4.69) is 182 Å². The molecule has 4 aliphatic rings. The van der Waals surface area contributed by atoms with Crippen molar-refractivity contribution >= 4 is 5.57 Å². The molecule has 0 N–H and O–H groups in total. The molecule has 5 aromatic carbocycles. The molecule has 2 unspecified atom stereocenters. The summed E-state index contributed by atoms with van der Waals surface area (Å²) < 4.78 is 0. The lowest BCUT2D eigenvalue weighted by Crippen LogP contribution is -2.20. The molecule has 0 fully saturated rings. The summed E-state index contributed by atoms with van der Waals surface area (Å²) in [6, 6.07) is 47.0. The summed E-state index contributed by atoms with van der Waals surface area (Å²) in [6.45, 7) is 0. The maximum absolute atomic E-state index is 5.25. The lowest BCUT2D eigenvalue weighted by atomic mass is 9.73. The molecule has 0 spiro atoms. The molecule has 0 bridgehead atoms. The Morgan fingerprint density at radius 1 is 0.417 bits per heavy atom. The van der Waals surface area contributed by atoms with Gasteiger partial charge in [-0.05, 0) is 112 Å². The smallest absolute Gasteiger partial charge is 0.164 e. The molecule has 1 aromatic heterocycles. The van der Waals surface area contributed by atoms with Gasteiger partial charge in [0.05, 0.1) is 0 Å². The zero-order valence-electron chi connectivity index (χ0n) is 33.8. The highest BCUT2D eigenvalue weighted by Gasteiger charge is 2.28. The van der Waals surface area contributed by atoms with Crippen molar-refractivity contribution in [1.29, 1.82) is 0 Å². The molecule has 0 amide bonds. The van der Waals surface area contributed by atoms with Gasteiger partial charge in [0, 0.05) is 16.7 Å². The Morgan fingerprint density at radius 2 is 1.02 bits per heavy atom. The molecule has 4 aliphatic carbocycles. The first-order valence-corrected chi connectivity index (χ1v) is 21.4. The highest BCUT2D eigenvalue weighted by molar-refractivity contribution is 5.86. The number of rotatable bonds is 9. The minimum Gasteiger partial charge on any atom is -0.208 e. The minimum absolute atomic E-state index is 0.334. The first-order chi connectivity index (χ1) is 29.7. The highest BCUT2D eigenvalue weighted by atomic mass is 15.0. The maximum Gasteiger partial charge on any atom is 0.164 e. The number of hydrogen-bond donors (Lipinski definition) is 0. The Bertz CT molecular complexity index is 2790. The van der Waals surface area contributed by atoms with Crippen LogP contribution in [0.25, 0.3) is 61.7 Å². The molecule has 10 rings (SSSR count). The van der Waals surface area contributed by atoms with Crippen LogP contribution < -0.4 is 0 Å². The second-order valence-corrected chi connectivity index (χ2v) is 16.1. The molecule has 0 aliphatic heterocycles. The van der Waals surface area contributed by atoms with E-state index >= 15 is 0 Å². The first-order valence-electron chi connectivity index (χ1n) is 21.4. The van der Waals surface area contributed by atoms with E-state index in [1.807, 2.05) is 18.2 Å². The minimum atomic E-state index is 0.334. The maximum atomic E-state index is 5.25. The van der Waals surface area contributed by atoms with Crippen LogP contribution in [0.5, 0.6) is 0 Å². The Labute approximate surface area is 354 Å². The summed E-state index contributed by atoms with van der Waals surface area (Å²) in [5, 5.41) is 0. The van der Waals surface area contributed by atoms with Crippen molar-refractivity contribution in [2.75, 3.05) is 0 Å². The van der Waals surface area contributed by atoms with Crippen LogP contribution in [0.15, 0.2) is 223 Å². The first kappa shape index (κ1) is 37.3. The molecule has 0 radical (unpaired) electrons. The van der Waals surface area contributed by atoms with Gasteiger partial charge in [0.25, 0.3) is 0 Å². The van der Waals surface area contributed by atoms with Gasteiger partial charge in [-0.2, -0.15) is 0 Å². The van der Waals surface area contributed by atoms with Gasteiger partial charge in [0.2, 0.25) is 0 Å². The topological polar surface area (TPSA) is 38.7 Å². The van der Waals surface area contributed by atoms with E-state index in [9.17, 15) is 0 Å². The van der Waals surface area contributed by atoms with Gasteiger partial charge >= 0.3 is 0 Å². The Morgan fingerprint density at radius 3 is 1.77 bits per heavy atom. The number of hydrogen-bond acceptors (Lipinski definition) is 3. The van der Waals surface area contributed by atoms with Crippen LogP contribution in [-0.4, -0.2) is 15.0 Å². The van der Waals surface area contributed by atoms with Crippen molar-refractivity contribution in [2.24, 2.45) is 11.8 Å². The van der Waals surface area contributed by atoms with Crippen molar-refractivity contribution in [3.05, 3.63) is 228 Å². The van der Waals surface area contributed by atoms with E-state index in [0.29, 0.717) is 29.3 Å². The number of nitrogens with zero attached hydrogens (tertiary/aromatic N) is 3. The summed E-state index contributed by atoms with van der Waals surface area (Å²) in [7, 11) is 0. The average molecular weight is 774 g/mol. The van der Waals surface area contributed by atoms with Crippen molar-refractivity contribution in [2.45, 2.75) is 38.5 Å². The van der Waals surface area contributed by atoms with Gasteiger partial charge in [-0.3, -0.25) is 0 Å². The third-order valence-corrected chi connectivity index (χ3v) is 12.4. The number of allylic oxidation sites excluding steroid dienone is 16. The lowest BCUT2D eigenvalue weighted by molar-refractivity contribution is 0.456. The third kappa shape index (κ3) is 7.92. The van der Waals surface area contributed by atoms with Gasteiger partial charge in [-0.1, -0.05) is 194 Å². The summed E-state index contributed by atoms with van der Waals surface area (Å²) in [6.07, 6.45) is 32.0. The molecule has 0 saturated carbocycles. The Hall–Kier alpha value is -6.97. The van der Waals surface area contributed by atoms with Crippen LogP contribution in [-0.2, 0) is 0 Å². The normalized spacial score (nSPS) is 18.6. The molecule has 6 aromatic rings. The van der Waals surface area contributed by atoms with E-state index in [-0.39, 0.29) is 0 Å². The lowest BCUT2D eigenvalue weighted by Gasteiger charge is -2.32. The van der Waals surface area contributed by atoms with Gasteiger partial charge in [0.1, 0.15) is 0 Å². The monoisotopic (exact) mass is 773 g/mol. The fourth-order valence-electron chi connectivity index (χ4n) is 9.19. The van der Waals surface area contributed by atoms with Gasteiger partial charge < -0.3 is 0 Å². The molecule has 3 heteroatoms. The zero-order valence-corrected chi connectivity index (χ0v) is 33.8. The number of aromatic nitrogens is 3. The fourth-order valence-corrected chi connectivity index (χ4v) is 9.19. The molecular formula is C57H47N3. The second-order valence-electron chi connectivity index (χ2n) is 16.1. The van der Waals surface area contributed by atoms with E-state index in [4.69, 9.17) is 15.0 Å². The summed E-state index contributed by atoms with van der Waals surface area (Å²) >= 11 is 0. The SMILES string of the molecule is C1=CCCC(C2=CC=C(C3=CC=CCC3C3C=C(c4nc(-c5ccccc5)nc(-c5cccc(-c6ccccc6-c6ccc(-c7ccccc7)cc6)c5)n4)C=CC3)CC2)=C1. The van der Waals surface area contributed by atoms with Crippen molar-refractivity contribution in [3.8, 4) is 56.2 Å². The highest BCUT2D eigenvalue weighted by Crippen LogP contribution is 2.42. The summed E-state index contributed by atoms with van der Waals surface area (Å²) in [5.41, 5.74) is 16.0. The van der Waals surface area contributed by atoms with Crippen LogP contribution >= 0.6 is 0 Å². The average Bonchev–Trinajstić information content (AvgIpc) is 3.35.